The van der Waals surface area contributed by atoms with Crippen LogP contribution in [0.15, 0.2) is 12.4 Å². The van der Waals surface area contributed by atoms with E-state index in [2.05, 4.69) is 20.4 Å². The summed E-state index contributed by atoms with van der Waals surface area (Å²) >= 11 is 0. The molecule has 0 bridgehead atoms. The molecule has 0 unspecified atom stereocenters. The Morgan fingerprint density at radius 2 is 1.94 bits per heavy atom. The molecule has 6 heteroatoms. The quantitative estimate of drug-likeness (QED) is 0.831. The Morgan fingerprint density at radius 3 is 2.71 bits per heavy atom. The summed E-state index contributed by atoms with van der Waals surface area (Å²) in [6.45, 7) is 2.14. The van der Waals surface area contributed by atoms with Crippen LogP contribution in [0.3, 0.4) is 0 Å². The summed E-state index contributed by atoms with van der Waals surface area (Å²) in [6, 6.07) is 0. The minimum atomic E-state index is 0. The summed E-state index contributed by atoms with van der Waals surface area (Å²) in [5.41, 5.74) is 2.97. The van der Waals surface area contributed by atoms with Gasteiger partial charge < -0.3 is 5.32 Å². The molecular formula is C11H16ClN5. The van der Waals surface area contributed by atoms with Gasteiger partial charge in [-0.1, -0.05) is 0 Å². The van der Waals surface area contributed by atoms with Gasteiger partial charge in [0.1, 0.15) is 5.52 Å². The molecule has 2 aromatic rings. The van der Waals surface area contributed by atoms with E-state index in [-0.39, 0.29) is 12.4 Å². The van der Waals surface area contributed by atoms with Gasteiger partial charge in [0.05, 0.1) is 5.69 Å². The van der Waals surface area contributed by atoms with Crippen molar-refractivity contribution in [3.63, 3.8) is 0 Å². The van der Waals surface area contributed by atoms with Crippen molar-refractivity contribution in [2.75, 3.05) is 13.1 Å². The summed E-state index contributed by atoms with van der Waals surface area (Å²) in [5, 5.41) is 7.95. The number of nitrogens with zero attached hydrogens (tertiary/aromatic N) is 4. The van der Waals surface area contributed by atoms with Gasteiger partial charge in [0.15, 0.2) is 5.65 Å². The third-order valence-electron chi connectivity index (χ3n) is 3.21. The first-order valence-electron chi connectivity index (χ1n) is 5.70. The van der Waals surface area contributed by atoms with Crippen LogP contribution in [0.25, 0.3) is 11.2 Å². The van der Waals surface area contributed by atoms with Crippen LogP contribution in [0.5, 0.6) is 0 Å². The lowest BCUT2D eigenvalue weighted by Gasteiger charge is -2.20. The van der Waals surface area contributed by atoms with Crippen LogP contribution in [0.4, 0.5) is 0 Å². The van der Waals surface area contributed by atoms with Crippen LogP contribution < -0.4 is 5.32 Å². The fourth-order valence-corrected chi connectivity index (χ4v) is 2.37. The van der Waals surface area contributed by atoms with Gasteiger partial charge in [-0.2, -0.15) is 5.10 Å². The largest absolute Gasteiger partial charge is 0.317 e. The first kappa shape index (κ1) is 12.3. The van der Waals surface area contributed by atoms with Gasteiger partial charge in [0.2, 0.25) is 0 Å². The highest BCUT2D eigenvalue weighted by atomic mass is 35.5. The second kappa shape index (κ2) is 4.98. The Hall–Kier alpha value is -1.20. The summed E-state index contributed by atoms with van der Waals surface area (Å²) < 4.78 is 1.83. The molecule has 3 heterocycles. The number of halogens is 1. The number of rotatable bonds is 1. The van der Waals surface area contributed by atoms with Crippen molar-refractivity contribution < 1.29 is 0 Å². The van der Waals surface area contributed by atoms with E-state index in [0.717, 1.165) is 42.8 Å². The zero-order valence-corrected chi connectivity index (χ0v) is 10.6. The first-order chi connectivity index (χ1) is 7.86. The maximum absolute atomic E-state index is 4.58. The Bertz CT molecular complexity index is 504. The highest BCUT2D eigenvalue weighted by Crippen LogP contribution is 2.28. The van der Waals surface area contributed by atoms with Crippen molar-refractivity contribution in [2.45, 2.75) is 18.8 Å². The van der Waals surface area contributed by atoms with Crippen molar-refractivity contribution >= 4 is 23.6 Å². The fraction of sp³-hybridized carbons (Fsp3) is 0.545. The number of aryl methyl sites for hydroxylation is 1. The molecule has 0 aromatic carbocycles. The van der Waals surface area contributed by atoms with Crippen LogP contribution in [0, 0.1) is 0 Å². The molecule has 92 valence electrons. The van der Waals surface area contributed by atoms with Crippen molar-refractivity contribution in [1.82, 2.24) is 25.1 Å². The smallest absolute Gasteiger partial charge is 0.176 e. The first-order valence-corrected chi connectivity index (χ1v) is 5.70. The van der Waals surface area contributed by atoms with Crippen LogP contribution >= 0.6 is 12.4 Å². The summed E-state index contributed by atoms with van der Waals surface area (Å²) in [7, 11) is 1.93. The van der Waals surface area contributed by atoms with Crippen molar-refractivity contribution in [3.8, 4) is 0 Å². The topological polar surface area (TPSA) is 55.6 Å². The molecule has 1 aliphatic rings. The minimum absolute atomic E-state index is 0. The molecule has 0 saturated carbocycles. The number of fused-ring (bicyclic) bond motifs is 1. The van der Waals surface area contributed by atoms with Crippen molar-refractivity contribution in [3.05, 3.63) is 18.1 Å². The van der Waals surface area contributed by atoms with E-state index in [1.54, 1.807) is 12.4 Å². The normalized spacial score (nSPS) is 17.0. The molecule has 2 aromatic heterocycles. The zero-order valence-electron chi connectivity index (χ0n) is 9.76. The fourth-order valence-electron chi connectivity index (χ4n) is 2.37. The second-order valence-corrected chi connectivity index (χ2v) is 4.26. The lowest BCUT2D eigenvalue weighted by atomic mass is 9.94. The third-order valence-corrected chi connectivity index (χ3v) is 3.21. The predicted octanol–water partition coefficient (Wildman–Crippen LogP) is 1.25. The summed E-state index contributed by atoms with van der Waals surface area (Å²) in [4.78, 5) is 8.73. The molecule has 1 saturated heterocycles. The average molecular weight is 254 g/mol. The van der Waals surface area contributed by atoms with E-state index in [4.69, 9.17) is 0 Å². The van der Waals surface area contributed by atoms with E-state index in [1.807, 2.05) is 11.7 Å². The molecule has 1 fully saturated rings. The van der Waals surface area contributed by atoms with Gasteiger partial charge >= 0.3 is 0 Å². The summed E-state index contributed by atoms with van der Waals surface area (Å²) in [6.07, 6.45) is 5.75. The van der Waals surface area contributed by atoms with E-state index < -0.39 is 0 Å². The minimum Gasteiger partial charge on any atom is -0.317 e. The maximum atomic E-state index is 4.58. The van der Waals surface area contributed by atoms with Crippen molar-refractivity contribution in [2.24, 2.45) is 7.05 Å². The Balaban J connectivity index is 0.00000108. The van der Waals surface area contributed by atoms with Crippen LogP contribution in [0.2, 0.25) is 0 Å². The lowest BCUT2D eigenvalue weighted by Crippen LogP contribution is -2.27. The molecule has 0 aliphatic carbocycles. The van der Waals surface area contributed by atoms with Crippen molar-refractivity contribution in [1.29, 1.82) is 0 Å². The van der Waals surface area contributed by atoms with Gasteiger partial charge in [-0.3, -0.25) is 0 Å². The van der Waals surface area contributed by atoms with Gasteiger partial charge in [-0.25, -0.2) is 14.6 Å². The van der Waals surface area contributed by atoms with E-state index in [0.29, 0.717) is 5.92 Å². The Kier molecular flexibility index (Phi) is 3.59. The monoisotopic (exact) mass is 253 g/mol. The number of hydrogen-bond donors (Lipinski definition) is 1. The van der Waals surface area contributed by atoms with Gasteiger partial charge in [0, 0.05) is 25.4 Å². The highest BCUT2D eigenvalue weighted by Gasteiger charge is 2.22. The molecule has 17 heavy (non-hydrogen) atoms. The molecule has 0 atom stereocenters. The summed E-state index contributed by atoms with van der Waals surface area (Å²) in [5.74, 6) is 0.529. The SMILES string of the molecule is Cl.Cn1nc(C2CCNCC2)c2nccnc21. The van der Waals surface area contributed by atoms with Crippen LogP contribution in [-0.4, -0.2) is 32.8 Å². The van der Waals surface area contributed by atoms with Crippen LogP contribution in [-0.2, 0) is 7.05 Å². The number of aromatic nitrogens is 4. The molecule has 0 amide bonds. The van der Waals surface area contributed by atoms with E-state index in [1.165, 1.54) is 0 Å². The molecule has 0 spiro atoms. The van der Waals surface area contributed by atoms with Crippen LogP contribution in [0.1, 0.15) is 24.5 Å². The van der Waals surface area contributed by atoms with Gasteiger partial charge in [0.25, 0.3) is 0 Å². The van der Waals surface area contributed by atoms with Gasteiger partial charge in [-0.15, -0.1) is 12.4 Å². The Labute approximate surface area is 106 Å². The molecule has 1 N–H and O–H groups in total. The predicted molar refractivity (Wildman–Crippen MR) is 68.4 cm³/mol. The second-order valence-electron chi connectivity index (χ2n) is 4.26. The van der Waals surface area contributed by atoms with E-state index in [9.17, 15) is 0 Å². The lowest BCUT2D eigenvalue weighted by molar-refractivity contribution is 0.451. The number of nitrogens with one attached hydrogen (secondary N) is 1. The number of hydrogen-bond acceptors (Lipinski definition) is 4. The molecule has 3 rings (SSSR count). The average Bonchev–Trinajstić information content (AvgIpc) is 2.69. The molecule has 0 radical (unpaired) electrons. The molecular weight excluding hydrogens is 238 g/mol. The molecule has 5 nitrogen and oxygen atoms in total. The van der Waals surface area contributed by atoms with Gasteiger partial charge in [-0.05, 0) is 25.9 Å². The maximum Gasteiger partial charge on any atom is 0.176 e. The highest BCUT2D eigenvalue weighted by molar-refractivity contribution is 5.85. The standard InChI is InChI=1S/C11H15N5.ClH/c1-16-11-10(13-6-7-14-11)9(15-16)8-2-4-12-5-3-8;/h6-8,12H,2-5H2,1H3;1H. The van der Waals surface area contributed by atoms with E-state index >= 15 is 0 Å². The Morgan fingerprint density at radius 1 is 1.24 bits per heavy atom. The zero-order chi connectivity index (χ0) is 11.0. The third kappa shape index (κ3) is 2.12. The molecule has 1 aliphatic heterocycles. The number of piperidine rings is 1.